The van der Waals surface area contributed by atoms with Gasteiger partial charge in [-0.15, -0.1) is 0 Å². The highest BCUT2D eigenvalue weighted by atomic mass is 16.5. The Hall–Kier alpha value is -2.23. The van der Waals surface area contributed by atoms with Crippen LogP contribution >= 0.6 is 0 Å². The maximum Gasteiger partial charge on any atom is 0.145 e. The van der Waals surface area contributed by atoms with Gasteiger partial charge in [-0.25, -0.2) is 4.98 Å². The van der Waals surface area contributed by atoms with E-state index in [0.717, 1.165) is 23.8 Å². The molecular weight excluding hydrogens is 238 g/mol. The van der Waals surface area contributed by atoms with Crippen molar-refractivity contribution in [2.45, 2.75) is 19.4 Å². The van der Waals surface area contributed by atoms with Crippen LogP contribution in [0.4, 0.5) is 17.2 Å². The summed E-state index contributed by atoms with van der Waals surface area (Å²) in [5, 5.41) is 0. The Morgan fingerprint density at radius 3 is 2.84 bits per heavy atom. The first-order chi connectivity index (χ1) is 9.05. The maximum absolute atomic E-state index is 6.00. The summed E-state index contributed by atoms with van der Waals surface area (Å²) in [6, 6.07) is 11.6. The van der Waals surface area contributed by atoms with Crippen LogP contribution in [-0.4, -0.2) is 17.1 Å². The van der Waals surface area contributed by atoms with Gasteiger partial charge in [0.25, 0.3) is 0 Å². The highest BCUT2D eigenvalue weighted by Gasteiger charge is 2.32. The molecule has 0 amide bonds. The smallest absolute Gasteiger partial charge is 0.145 e. The Labute approximate surface area is 112 Å². The van der Waals surface area contributed by atoms with Crippen LogP contribution < -0.4 is 15.4 Å². The van der Waals surface area contributed by atoms with E-state index in [1.807, 2.05) is 36.4 Å². The van der Waals surface area contributed by atoms with Crippen molar-refractivity contribution >= 4 is 17.2 Å². The second-order valence-electron chi connectivity index (χ2n) is 5.36. The minimum absolute atomic E-state index is 0.279. The van der Waals surface area contributed by atoms with Crippen molar-refractivity contribution in [2.24, 2.45) is 0 Å². The second kappa shape index (κ2) is 4.16. The van der Waals surface area contributed by atoms with E-state index < -0.39 is 0 Å². The van der Waals surface area contributed by atoms with Gasteiger partial charge >= 0.3 is 0 Å². The standard InChI is InChI=1S/C15H17N3O/c1-15(2)10-18(14-5-3-4-8-17-14)12-7-6-11(16)9-13(12)19-15/h3-9H,10,16H2,1-2H3. The fraction of sp³-hybridized carbons (Fsp3) is 0.267. The molecule has 1 aliphatic heterocycles. The molecule has 0 bridgehead atoms. The van der Waals surface area contributed by atoms with Crippen molar-refractivity contribution in [3.05, 3.63) is 42.6 Å². The largest absolute Gasteiger partial charge is 0.484 e. The molecule has 2 aromatic rings. The van der Waals surface area contributed by atoms with Crippen LogP contribution in [0, 0.1) is 0 Å². The molecule has 98 valence electrons. The van der Waals surface area contributed by atoms with Crippen LogP contribution in [0.2, 0.25) is 0 Å². The predicted octanol–water partition coefficient (Wildman–Crippen LogP) is 2.97. The van der Waals surface area contributed by atoms with E-state index in [9.17, 15) is 0 Å². The van der Waals surface area contributed by atoms with Crippen molar-refractivity contribution in [3.8, 4) is 5.75 Å². The molecule has 0 aliphatic carbocycles. The topological polar surface area (TPSA) is 51.4 Å². The van der Waals surface area contributed by atoms with E-state index in [1.165, 1.54) is 0 Å². The summed E-state index contributed by atoms with van der Waals surface area (Å²) in [4.78, 5) is 6.59. The Balaban J connectivity index is 2.11. The molecule has 0 atom stereocenters. The quantitative estimate of drug-likeness (QED) is 0.796. The van der Waals surface area contributed by atoms with Crippen molar-refractivity contribution in [1.82, 2.24) is 4.98 Å². The summed E-state index contributed by atoms with van der Waals surface area (Å²) in [6.45, 7) is 4.88. The normalized spacial score (nSPS) is 16.6. The number of fused-ring (bicyclic) bond motifs is 1. The number of rotatable bonds is 1. The molecule has 1 aromatic heterocycles. The first-order valence-corrected chi connectivity index (χ1v) is 6.32. The van der Waals surface area contributed by atoms with Gasteiger partial charge in [0.1, 0.15) is 17.2 Å². The molecule has 1 aromatic carbocycles. The van der Waals surface area contributed by atoms with Gasteiger partial charge in [0.05, 0.1) is 12.2 Å². The fourth-order valence-corrected chi connectivity index (χ4v) is 2.35. The number of pyridine rings is 1. The highest BCUT2D eigenvalue weighted by Crippen LogP contribution is 2.41. The van der Waals surface area contributed by atoms with Crippen LogP contribution in [0.5, 0.6) is 5.75 Å². The molecule has 0 unspecified atom stereocenters. The summed E-state index contributed by atoms with van der Waals surface area (Å²) in [7, 11) is 0. The van der Waals surface area contributed by atoms with Gasteiger partial charge in [-0.05, 0) is 38.1 Å². The Morgan fingerprint density at radius 2 is 2.11 bits per heavy atom. The van der Waals surface area contributed by atoms with Crippen LogP contribution in [0.1, 0.15) is 13.8 Å². The molecule has 0 saturated heterocycles. The number of hydrogen-bond donors (Lipinski definition) is 1. The van der Waals surface area contributed by atoms with Crippen molar-refractivity contribution in [2.75, 3.05) is 17.2 Å². The monoisotopic (exact) mass is 255 g/mol. The average molecular weight is 255 g/mol. The van der Waals surface area contributed by atoms with Crippen LogP contribution in [0.25, 0.3) is 0 Å². The number of anilines is 3. The number of nitrogens with two attached hydrogens (primary N) is 1. The number of hydrogen-bond acceptors (Lipinski definition) is 4. The highest BCUT2D eigenvalue weighted by molar-refractivity contribution is 5.71. The number of nitrogens with zero attached hydrogens (tertiary/aromatic N) is 2. The molecular formula is C15H17N3O. The zero-order chi connectivity index (χ0) is 13.5. The predicted molar refractivity (Wildman–Crippen MR) is 76.8 cm³/mol. The molecule has 0 fully saturated rings. The average Bonchev–Trinajstić information content (AvgIpc) is 2.37. The molecule has 2 heterocycles. The lowest BCUT2D eigenvalue weighted by molar-refractivity contribution is 0.109. The van der Waals surface area contributed by atoms with E-state index in [1.54, 1.807) is 6.20 Å². The first kappa shape index (κ1) is 11.8. The molecule has 4 nitrogen and oxygen atoms in total. The zero-order valence-electron chi connectivity index (χ0n) is 11.1. The Morgan fingerprint density at radius 1 is 1.26 bits per heavy atom. The summed E-state index contributed by atoms with van der Waals surface area (Å²) in [5.41, 5.74) is 7.27. The third kappa shape index (κ3) is 2.21. The van der Waals surface area contributed by atoms with Crippen molar-refractivity contribution in [1.29, 1.82) is 0 Å². The van der Waals surface area contributed by atoms with Crippen molar-refractivity contribution < 1.29 is 4.74 Å². The van der Waals surface area contributed by atoms with E-state index in [4.69, 9.17) is 10.5 Å². The lowest BCUT2D eigenvalue weighted by Gasteiger charge is -2.40. The Kier molecular flexibility index (Phi) is 2.59. The number of benzene rings is 1. The van der Waals surface area contributed by atoms with Crippen LogP contribution in [0.15, 0.2) is 42.6 Å². The van der Waals surface area contributed by atoms with Gasteiger partial charge < -0.3 is 15.4 Å². The third-order valence-corrected chi connectivity index (χ3v) is 3.13. The number of ether oxygens (including phenoxy) is 1. The van der Waals surface area contributed by atoms with E-state index in [2.05, 4.69) is 23.7 Å². The maximum atomic E-state index is 6.00. The molecule has 0 spiro atoms. The van der Waals surface area contributed by atoms with Crippen LogP contribution in [-0.2, 0) is 0 Å². The van der Waals surface area contributed by atoms with Crippen LogP contribution in [0.3, 0.4) is 0 Å². The van der Waals surface area contributed by atoms with Gasteiger partial charge in [-0.3, -0.25) is 0 Å². The van der Waals surface area contributed by atoms with Gasteiger partial charge in [-0.2, -0.15) is 0 Å². The van der Waals surface area contributed by atoms with E-state index in [0.29, 0.717) is 5.69 Å². The zero-order valence-corrected chi connectivity index (χ0v) is 11.1. The summed E-state index contributed by atoms with van der Waals surface area (Å²) < 4.78 is 6.00. The van der Waals surface area contributed by atoms with Gasteiger partial charge in [0.15, 0.2) is 0 Å². The van der Waals surface area contributed by atoms with E-state index in [-0.39, 0.29) is 5.60 Å². The lowest BCUT2D eigenvalue weighted by Crippen LogP contribution is -2.45. The minimum atomic E-state index is -0.279. The first-order valence-electron chi connectivity index (χ1n) is 6.32. The fourth-order valence-electron chi connectivity index (χ4n) is 2.35. The molecule has 1 aliphatic rings. The van der Waals surface area contributed by atoms with Gasteiger partial charge in [-0.1, -0.05) is 6.07 Å². The summed E-state index contributed by atoms with van der Waals surface area (Å²) in [5.74, 6) is 1.73. The molecule has 0 radical (unpaired) electrons. The van der Waals surface area contributed by atoms with Gasteiger partial charge in [0, 0.05) is 18.0 Å². The third-order valence-electron chi connectivity index (χ3n) is 3.13. The SMILES string of the molecule is CC1(C)CN(c2ccccn2)c2ccc(N)cc2O1. The lowest BCUT2D eigenvalue weighted by atomic mass is 10.0. The molecule has 0 saturated carbocycles. The van der Waals surface area contributed by atoms with E-state index >= 15 is 0 Å². The number of aromatic nitrogens is 1. The molecule has 2 N–H and O–H groups in total. The van der Waals surface area contributed by atoms with Gasteiger partial charge in [0.2, 0.25) is 0 Å². The second-order valence-corrected chi connectivity index (χ2v) is 5.36. The molecule has 19 heavy (non-hydrogen) atoms. The summed E-state index contributed by atoms with van der Waals surface area (Å²) >= 11 is 0. The molecule has 4 heteroatoms. The summed E-state index contributed by atoms with van der Waals surface area (Å²) in [6.07, 6.45) is 1.80. The van der Waals surface area contributed by atoms with Crippen molar-refractivity contribution in [3.63, 3.8) is 0 Å². The minimum Gasteiger partial charge on any atom is -0.484 e. The molecule has 3 rings (SSSR count). The Bertz CT molecular complexity index is 596. The number of nitrogen functional groups attached to an aromatic ring is 1.